The molecule has 0 unspecified atom stereocenters. The molecule has 0 amide bonds. The molecule has 1 aromatic carbocycles. The van der Waals surface area contributed by atoms with Crippen LogP contribution in [0.2, 0.25) is 5.02 Å². The molecule has 1 aromatic heterocycles. The van der Waals surface area contributed by atoms with Gasteiger partial charge in [0.15, 0.2) is 0 Å². The fourth-order valence-electron chi connectivity index (χ4n) is 1.62. The van der Waals surface area contributed by atoms with Crippen molar-refractivity contribution in [3.63, 3.8) is 0 Å². The lowest BCUT2D eigenvalue weighted by Gasteiger charge is -2.17. The third-order valence-electron chi connectivity index (χ3n) is 2.65. The molecule has 0 fully saturated rings. The van der Waals surface area contributed by atoms with Gasteiger partial charge >= 0.3 is 0 Å². The van der Waals surface area contributed by atoms with E-state index in [0.717, 1.165) is 4.31 Å². The van der Waals surface area contributed by atoms with Gasteiger partial charge in [0.05, 0.1) is 13.7 Å². The van der Waals surface area contributed by atoms with E-state index in [0.29, 0.717) is 10.8 Å². The molecule has 0 saturated heterocycles. The standard InChI is InChI=1S/C11H13ClN4O3S/c1-16(6-11-13-7-14-15-11)20(17,18)10-5-8(12)3-4-9(10)19-2/h3-5,7H,6H2,1-2H3,(H,13,14,15). The number of nitrogens with one attached hydrogen (secondary N) is 1. The van der Waals surface area contributed by atoms with Crippen LogP contribution >= 0.6 is 11.6 Å². The molecule has 1 heterocycles. The zero-order valence-electron chi connectivity index (χ0n) is 10.9. The number of sulfonamides is 1. The first-order valence-electron chi connectivity index (χ1n) is 5.59. The number of aromatic nitrogens is 3. The molecule has 0 aliphatic rings. The Morgan fingerprint density at radius 1 is 1.45 bits per heavy atom. The zero-order chi connectivity index (χ0) is 14.8. The molecular formula is C11H13ClN4O3S. The van der Waals surface area contributed by atoms with Crippen molar-refractivity contribution in [1.82, 2.24) is 19.5 Å². The second-order valence-corrected chi connectivity index (χ2v) is 6.44. The zero-order valence-corrected chi connectivity index (χ0v) is 12.4. The quantitative estimate of drug-likeness (QED) is 0.898. The van der Waals surface area contributed by atoms with Crippen LogP contribution in [0.25, 0.3) is 0 Å². The Labute approximate surface area is 121 Å². The Morgan fingerprint density at radius 3 is 2.80 bits per heavy atom. The van der Waals surface area contributed by atoms with Crippen molar-refractivity contribution in [2.45, 2.75) is 11.4 Å². The first kappa shape index (κ1) is 14.8. The highest BCUT2D eigenvalue weighted by molar-refractivity contribution is 7.89. The molecule has 9 heteroatoms. The molecule has 0 saturated carbocycles. The summed E-state index contributed by atoms with van der Waals surface area (Å²) in [5.74, 6) is 0.677. The molecular weight excluding hydrogens is 304 g/mol. The Morgan fingerprint density at radius 2 is 2.20 bits per heavy atom. The van der Waals surface area contributed by atoms with Gasteiger partial charge in [-0.2, -0.15) is 9.40 Å². The maximum Gasteiger partial charge on any atom is 0.246 e. The maximum absolute atomic E-state index is 12.5. The number of nitrogens with zero attached hydrogens (tertiary/aromatic N) is 3. The molecule has 0 spiro atoms. The third kappa shape index (κ3) is 2.92. The number of halogens is 1. The largest absolute Gasteiger partial charge is 0.495 e. The van der Waals surface area contributed by atoms with Crippen molar-refractivity contribution in [2.24, 2.45) is 0 Å². The SMILES string of the molecule is COc1ccc(Cl)cc1S(=O)(=O)N(C)Cc1ncn[nH]1. The monoisotopic (exact) mass is 316 g/mol. The summed E-state index contributed by atoms with van der Waals surface area (Å²) < 4.78 is 31.2. The van der Waals surface area contributed by atoms with Crippen molar-refractivity contribution in [3.05, 3.63) is 35.4 Å². The summed E-state index contributed by atoms with van der Waals surface area (Å²) in [5, 5.41) is 6.60. The molecule has 20 heavy (non-hydrogen) atoms. The molecule has 0 aliphatic carbocycles. The fraction of sp³-hybridized carbons (Fsp3) is 0.273. The number of aromatic amines is 1. The van der Waals surface area contributed by atoms with E-state index >= 15 is 0 Å². The number of ether oxygens (including phenoxy) is 1. The Balaban J connectivity index is 2.36. The van der Waals surface area contributed by atoms with E-state index in [1.54, 1.807) is 6.07 Å². The van der Waals surface area contributed by atoms with Crippen LogP contribution in [0.1, 0.15) is 5.82 Å². The van der Waals surface area contributed by atoms with E-state index in [-0.39, 0.29) is 17.2 Å². The van der Waals surface area contributed by atoms with E-state index in [9.17, 15) is 8.42 Å². The predicted octanol–water partition coefficient (Wildman–Crippen LogP) is 1.29. The lowest BCUT2D eigenvalue weighted by molar-refractivity contribution is 0.397. The average Bonchev–Trinajstić information content (AvgIpc) is 2.91. The smallest absolute Gasteiger partial charge is 0.246 e. The van der Waals surface area contributed by atoms with E-state index in [4.69, 9.17) is 16.3 Å². The number of methoxy groups -OCH3 is 1. The van der Waals surface area contributed by atoms with Gasteiger partial charge < -0.3 is 4.74 Å². The Bertz CT molecular complexity index is 688. The Kier molecular flexibility index (Phi) is 4.26. The van der Waals surface area contributed by atoms with Crippen LogP contribution in [-0.4, -0.2) is 42.1 Å². The van der Waals surface area contributed by atoms with Crippen LogP contribution in [0.4, 0.5) is 0 Å². The van der Waals surface area contributed by atoms with Crippen molar-refractivity contribution in [1.29, 1.82) is 0 Å². The van der Waals surface area contributed by atoms with Crippen LogP contribution in [0.3, 0.4) is 0 Å². The summed E-state index contributed by atoms with van der Waals surface area (Å²) in [4.78, 5) is 3.90. The molecule has 0 atom stereocenters. The van der Waals surface area contributed by atoms with Gasteiger partial charge in [-0.25, -0.2) is 13.4 Å². The Hall–Kier alpha value is -1.64. The van der Waals surface area contributed by atoms with Crippen molar-refractivity contribution < 1.29 is 13.2 Å². The van der Waals surface area contributed by atoms with E-state index in [2.05, 4.69) is 15.2 Å². The molecule has 1 N–H and O–H groups in total. The third-order valence-corrected chi connectivity index (χ3v) is 4.71. The maximum atomic E-state index is 12.5. The first-order chi connectivity index (χ1) is 9.45. The van der Waals surface area contributed by atoms with E-state index in [1.165, 1.54) is 32.6 Å². The second kappa shape index (κ2) is 5.78. The molecule has 108 valence electrons. The highest BCUT2D eigenvalue weighted by Gasteiger charge is 2.25. The van der Waals surface area contributed by atoms with Crippen molar-refractivity contribution in [2.75, 3.05) is 14.2 Å². The highest BCUT2D eigenvalue weighted by atomic mass is 35.5. The number of rotatable bonds is 5. The summed E-state index contributed by atoms with van der Waals surface area (Å²) in [6.07, 6.45) is 1.32. The van der Waals surface area contributed by atoms with Gasteiger partial charge in [0.2, 0.25) is 10.0 Å². The van der Waals surface area contributed by atoms with Gasteiger partial charge in [-0.3, -0.25) is 5.10 Å². The number of benzene rings is 1. The van der Waals surface area contributed by atoms with Gasteiger partial charge in [0.25, 0.3) is 0 Å². The predicted molar refractivity (Wildman–Crippen MR) is 73.0 cm³/mol. The molecule has 2 aromatic rings. The number of hydrogen-bond acceptors (Lipinski definition) is 5. The van der Waals surface area contributed by atoms with Crippen LogP contribution in [0.5, 0.6) is 5.75 Å². The number of hydrogen-bond donors (Lipinski definition) is 1. The lowest BCUT2D eigenvalue weighted by atomic mass is 10.3. The lowest BCUT2D eigenvalue weighted by Crippen LogP contribution is -2.27. The normalized spacial score (nSPS) is 11.8. The fourth-order valence-corrected chi connectivity index (χ4v) is 3.17. The van der Waals surface area contributed by atoms with Crippen LogP contribution in [-0.2, 0) is 16.6 Å². The minimum absolute atomic E-state index is 0.00881. The topological polar surface area (TPSA) is 88.2 Å². The summed E-state index contributed by atoms with van der Waals surface area (Å²) in [6.45, 7) is 0.0675. The van der Waals surface area contributed by atoms with Crippen LogP contribution in [0, 0.1) is 0 Å². The summed E-state index contributed by atoms with van der Waals surface area (Å²) in [5.41, 5.74) is 0. The molecule has 0 radical (unpaired) electrons. The van der Waals surface area contributed by atoms with Crippen LogP contribution < -0.4 is 4.74 Å². The summed E-state index contributed by atoms with van der Waals surface area (Å²) in [7, 11) is -0.900. The first-order valence-corrected chi connectivity index (χ1v) is 7.41. The minimum atomic E-state index is -3.74. The summed E-state index contributed by atoms with van der Waals surface area (Å²) in [6, 6.07) is 4.43. The van der Waals surface area contributed by atoms with Crippen molar-refractivity contribution >= 4 is 21.6 Å². The molecule has 0 bridgehead atoms. The average molecular weight is 317 g/mol. The molecule has 0 aliphatic heterocycles. The van der Waals surface area contributed by atoms with E-state index < -0.39 is 10.0 Å². The minimum Gasteiger partial charge on any atom is -0.495 e. The van der Waals surface area contributed by atoms with Crippen LogP contribution in [0.15, 0.2) is 29.4 Å². The van der Waals surface area contributed by atoms with Gasteiger partial charge in [-0.15, -0.1) is 0 Å². The van der Waals surface area contributed by atoms with Gasteiger partial charge in [0, 0.05) is 12.1 Å². The van der Waals surface area contributed by atoms with Gasteiger partial charge in [-0.05, 0) is 18.2 Å². The summed E-state index contributed by atoms with van der Waals surface area (Å²) >= 11 is 5.86. The molecule has 2 rings (SSSR count). The van der Waals surface area contributed by atoms with Gasteiger partial charge in [-0.1, -0.05) is 11.6 Å². The second-order valence-electron chi connectivity index (χ2n) is 3.99. The number of H-pyrrole nitrogens is 1. The van der Waals surface area contributed by atoms with E-state index in [1.807, 2.05) is 0 Å². The van der Waals surface area contributed by atoms with Gasteiger partial charge in [0.1, 0.15) is 22.8 Å². The highest BCUT2D eigenvalue weighted by Crippen LogP contribution is 2.29. The molecule has 7 nitrogen and oxygen atoms in total. The van der Waals surface area contributed by atoms with Crippen molar-refractivity contribution in [3.8, 4) is 5.75 Å².